The van der Waals surface area contributed by atoms with Crippen LogP contribution in [-0.4, -0.2) is 63.7 Å². The predicted octanol–water partition coefficient (Wildman–Crippen LogP) is 2.55. The van der Waals surface area contributed by atoms with E-state index < -0.39 is 0 Å². The lowest BCUT2D eigenvalue weighted by Gasteiger charge is -2.36. The van der Waals surface area contributed by atoms with E-state index in [2.05, 4.69) is 10.2 Å². The van der Waals surface area contributed by atoms with E-state index in [9.17, 15) is 9.59 Å². The van der Waals surface area contributed by atoms with E-state index in [1.807, 2.05) is 36.1 Å². The van der Waals surface area contributed by atoms with Crippen LogP contribution in [0.1, 0.15) is 15.9 Å². The van der Waals surface area contributed by atoms with Gasteiger partial charge in [-0.1, -0.05) is 0 Å². The molecule has 0 radical (unpaired) electrons. The smallest absolute Gasteiger partial charge is 0.337 e. The molecule has 0 aromatic heterocycles. The minimum absolute atomic E-state index is 0.0656. The van der Waals surface area contributed by atoms with Gasteiger partial charge in [-0.15, -0.1) is 0 Å². The molecular weight excluding hydrogens is 370 g/mol. The lowest BCUT2D eigenvalue weighted by Crippen LogP contribution is -2.50. The van der Waals surface area contributed by atoms with Gasteiger partial charge in [-0.3, -0.25) is 4.79 Å². The summed E-state index contributed by atoms with van der Waals surface area (Å²) in [7, 11) is 3.01. The van der Waals surface area contributed by atoms with Gasteiger partial charge in [0.2, 0.25) is 5.91 Å². The molecule has 1 saturated heterocycles. The molecule has 1 N–H and O–H groups in total. The minimum Gasteiger partial charge on any atom is -0.497 e. The number of rotatable bonds is 6. The van der Waals surface area contributed by atoms with E-state index in [0.29, 0.717) is 18.7 Å². The van der Waals surface area contributed by atoms with Crippen molar-refractivity contribution in [3.63, 3.8) is 0 Å². The Hall–Kier alpha value is -3.22. The fourth-order valence-corrected chi connectivity index (χ4v) is 3.40. The molecule has 0 saturated carbocycles. The van der Waals surface area contributed by atoms with Crippen molar-refractivity contribution in [1.82, 2.24) is 4.90 Å². The summed E-state index contributed by atoms with van der Waals surface area (Å²) in [6.07, 6.45) is 0. The second kappa shape index (κ2) is 9.32. The maximum atomic E-state index is 12.6. The molecule has 29 heavy (non-hydrogen) atoms. The number of esters is 1. The molecule has 0 bridgehead atoms. The fourth-order valence-electron chi connectivity index (χ4n) is 3.40. The molecule has 1 amide bonds. The highest BCUT2D eigenvalue weighted by Gasteiger charge is 2.21. The van der Waals surface area contributed by atoms with E-state index in [1.165, 1.54) is 7.11 Å². The predicted molar refractivity (Wildman–Crippen MR) is 113 cm³/mol. The van der Waals surface area contributed by atoms with Gasteiger partial charge in [-0.2, -0.15) is 0 Å². The molecule has 0 spiro atoms. The van der Waals surface area contributed by atoms with Crippen molar-refractivity contribution in [3.8, 4) is 5.75 Å². The second-order valence-corrected chi connectivity index (χ2v) is 6.94. The van der Waals surface area contributed by atoms with Crippen LogP contribution in [0.3, 0.4) is 0 Å². The highest BCUT2D eigenvalue weighted by Crippen LogP contribution is 2.21. The molecule has 0 aliphatic carbocycles. The Balaban J connectivity index is 1.50. The average Bonchev–Trinajstić information content (AvgIpc) is 2.77. The van der Waals surface area contributed by atoms with Crippen LogP contribution in [0.15, 0.2) is 42.5 Å². The number of nitrogens with one attached hydrogen (secondary N) is 1. The fraction of sp³-hybridized carbons (Fsp3) is 0.364. The van der Waals surface area contributed by atoms with E-state index in [4.69, 9.17) is 9.47 Å². The highest BCUT2D eigenvalue weighted by atomic mass is 16.5. The van der Waals surface area contributed by atoms with Crippen LogP contribution in [0.4, 0.5) is 11.4 Å². The third-order valence-corrected chi connectivity index (χ3v) is 5.15. The van der Waals surface area contributed by atoms with Gasteiger partial charge in [-0.25, -0.2) is 4.79 Å². The van der Waals surface area contributed by atoms with Crippen LogP contribution >= 0.6 is 0 Å². The van der Waals surface area contributed by atoms with E-state index >= 15 is 0 Å². The van der Waals surface area contributed by atoms with Gasteiger partial charge >= 0.3 is 5.97 Å². The van der Waals surface area contributed by atoms with Gasteiger partial charge < -0.3 is 24.6 Å². The molecule has 154 valence electrons. The van der Waals surface area contributed by atoms with Crippen LogP contribution in [0.5, 0.6) is 5.75 Å². The summed E-state index contributed by atoms with van der Waals surface area (Å²) >= 11 is 0. The Labute approximate surface area is 171 Å². The number of amides is 1. The average molecular weight is 397 g/mol. The summed E-state index contributed by atoms with van der Waals surface area (Å²) < 4.78 is 9.93. The van der Waals surface area contributed by atoms with Crippen LogP contribution in [-0.2, 0) is 9.53 Å². The first-order valence-electron chi connectivity index (χ1n) is 9.61. The number of carbonyl (C=O) groups is 2. The molecule has 1 aliphatic heterocycles. The Morgan fingerprint density at radius 1 is 1.00 bits per heavy atom. The van der Waals surface area contributed by atoms with E-state index in [-0.39, 0.29) is 18.4 Å². The number of carbonyl (C=O) groups excluding carboxylic acids is 2. The van der Waals surface area contributed by atoms with Gasteiger partial charge in [0.15, 0.2) is 0 Å². The number of aryl methyl sites for hydroxylation is 1. The number of methoxy groups -OCH3 is 2. The zero-order chi connectivity index (χ0) is 20.8. The number of benzene rings is 2. The van der Waals surface area contributed by atoms with Gasteiger partial charge in [0.05, 0.1) is 26.3 Å². The van der Waals surface area contributed by atoms with Gasteiger partial charge in [0, 0.05) is 37.6 Å². The molecule has 2 aromatic rings. The van der Waals surface area contributed by atoms with Crippen LogP contribution in [0.25, 0.3) is 0 Å². The number of hydrogen-bond acceptors (Lipinski definition) is 6. The number of ether oxygens (including phenoxy) is 2. The van der Waals surface area contributed by atoms with Gasteiger partial charge in [0.25, 0.3) is 0 Å². The number of piperazine rings is 1. The van der Waals surface area contributed by atoms with Crippen molar-refractivity contribution in [2.75, 3.05) is 57.2 Å². The molecule has 1 fully saturated rings. The van der Waals surface area contributed by atoms with Crippen LogP contribution in [0.2, 0.25) is 0 Å². The largest absolute Gasteiger partial charge is 0.497 e. The topological polar surface area (TPSA) is 71.1 Å². The Kier molecular flexibility index (Phi) is 6.59. The second-order valence-electron chi connectivity index (χ2n) is 6.94. The van der Waals surface area contributed by atoms with Crippen molar-refractivity contribution in [2.24, 2.45) is 0 Å². The maximum Gasteiger partial charge on any atom is 0.337 e. The number of nitrogens with zero attached hydrogens (tertiary/aromatic N) is 2. The molecule has 0 unspecified atom stereocenters. The molecule has 7 nitrogen and oxygen atoms in total. The summed E-state index contributed by atoms with van der Waals surface area (Å²) in [5.41, 5.74) is 3.36. The first kappa shape index (κ1) is 20.5. The highest BCUT2D eigenvalue weighted by molar-refractivity contribution is 5.90. The Bertz CT molecular complexity index is 859. The number of hydrogen-bond donors (Lipinski definition) is 1. The molecule has 7 heteroatoms. The summed E-state index contributed by atoms with van der Waals surface area (Å²) in [4.78, 5) is 28.3. The molecule has 2 aromatic carbocycles. The summed E-state index contributed by atoms with van der Waals surface area (Å²) in [5.74, 6) is 0.532. The zero-order valence-electron chi connectivity index (χ0n) is 17.1. The van der Waals surface area contributed by atoms with E-state index in [1.54, 1.807) is 25.3 Å². The van der Waals surface area contributed by atoms with Crippen LogP contribution in [0, 0.1) is 6.92 Å². The maximum absolute atomic E-state index is 12.6. The first-order chi connectivity index (χ1) is 14.0. The molecule has 1 aliphatic rings. The molecule has 0 atom stereocenters. The molecule has 1 heterocycles. The standard InChI is InChI=1S/C22H27N3O4/c1-16-14-17(22(27)29-3)4-9-20(16)23-15-21(26)25-12-10-24(11-13-25)18-5-7-19(28-2)8-6-18/h4-9,14,23H,10-13,15H2,1-3H3. The van der Waals surface area contributed by atoms with Gasteiger partial charge in [-0.05, 0) is 55.0 Å². The zero-order valence-corrected chi connectivity index (χ0v) is 17.1. The summed E-state index contributed by atoms with van der Waals surface area (Å²) in [6.45, 7) is 5.09. The molecular formula is C22H27N3O4. The third-order valence-electron chi connectivity index (χ3n) is 5.15. The summed E-state index contributed by atoms with van der Waals surface area (Å²) in [6, 6.07) is 13.2. The number of anilines is 2. The van der Waals surface area contributed by atoms with Crippen molar-refractivity contribution >= 4 is 23.3 Å². The molecule has 3 rings (SSSR count). The lowest BCUT2D eigenvalue weighted by atomic mass is 10.1. The minimum atomic E-state index is -0.370. The lowest BCUT2D eigenvalue weighted by molar-refractivity contribution is -0.129. The van der Waals surface area contributed by atoms with E-state index in [0.717, 1.165) is 35.8 Å². The van der Waals surface area contributed by atoms with Crippen molar-refractivity contribution < 1.29 is 19.1 Å². The quantitative estimate of drug-likeness (QED) is 0.756. The SMILES string of the molecule is COC(=O)c1ccc(NCC(=O)N2CCN(c3ccc(OC)cc3)CC2)c(C)c1. The Morgan fingerprint density at radius 2 is 1.69 bits per heavy atom. The van der Waals surface area contributed by atoms with Crippen LogP contribution < -0.4 is 15.0 Å². The monoisotopic (exact) mass is 397 g/mol. The van der Waals surface area contributed by atoms with Gasteiger partial charge in [0.1, 0.15) is 5.75 Å². The van der Waals surface area contributed by atoms with Crippen molar-refractivity contribution in [1.29, 1.82) is 0 Å². The third kappa shape index (κ3) is 4.99. The van der Waals surface area contributed by atoms with Crippen molar-refractivity contribution in [2.45, 2.75) is 6.92 Å². The summed E-state index contributed by atoms with van der Waals surface area (Å²) in [5, 5.41) is 3.18. The Morgan fingerprint density at radius 3 is 2.28 bits per heavy atom. The normalized spacial score (nSPS) is 13.8. The first-order valence-corrected chi connectivity index (χ1v) is 9.61. The van der Waals surface area contributed by atoms with Crippen molar-refractivity contribution in [3.05, 3.63) is 53.6 Å².